The van der Waals surface area contributed by atoms with Gasteiger partial charge in [0.1, 0.15) is 0 Å². The van der Waals surface area contributed by atoms with Crippen molar-refractivity contribution in [3.8, 4) is 17.6 Å². The first-order valence-corrected chi connectivity index (χ1v) is 7.14. The van der Waals surface area contributed by atoms with Crippen molar-refractivity contribution in [1.82, 2.24) is 0 Å². The smallest absolute Gasteiger partial charge is 0.165 e. The van der Waals surface area contributed by atoms with Gasteiger partial charge in [-0.2, -0.15) is 0 Å². The molecule has 104 valence electrons. The summed E-state index contributed by atoms with van der Waals surface area (Å²) in [5.74, 6) is 6.95. The molecule has 1 nitrogen and oxygen atoms in total. The van der Waals surface area contributed by atoms with Crippen LogP contribution in [0.3, 0.4) is 0 Å². The SMILES string of the molecule is CC(C)CCCOc1cc(C#CCCCl)ccc1F. The van der Waals surface area contributed by atoms with Crippen LogP contribution in [-0.2, 0) is 0 Å². The summed E-state index contributed by atoms with van der Waals surface area (Å²) < 4.78 is 19.0. The van der Waals surface area contributed by atoms with Crippen molar-refractivity contribution in [1.29, 1.82) is 0 Å². The fraction of sp³-hybridized carbons (Fsp3) is 0.500. The van der Waals surface area contributed by atoms with E-state index in [-0.39, 0.29) is 11.6 Å². The minimum Gasteiger partial charge on any atom is -0.490 e. The molecular formula is C16H20ClFO. The largest absolute Gasteiger partial charge is 0.490 e. The van der Waals surface area contributed by atoms with Gasteiger partial charge in [-0.3, -0.25) is 0 Å². The molecule has 1 aromatic carbocycles. The summed E-state index contributed by atoms with van der Waals surface area (Å²) in [6.07, 6.45) is 2.64. The third-order valence-electron chi connectivity index (χ3n) is 2.57. The normalized spacial score (nSPS) is 10.2. The predicted molar refractivity (Wildman–Crippen MR) is 78.2 cm³/mol. The van der Waals surface area contributed by atoms with Crippen LogP contribution in [0.25, 0.3) is 0 Å². The number of rotatable bonds is 6. The Labute approximate surface area is 120 Å². The van der Waals surface area contributed by atoms with Crippen molar-refractivity contribution >= 4 is 11.6 Å². The summed E-state index contributed by atoms with van der Waals surface area (Å²) in [5, 5.41) is 0. The molecule has 0 amide bonds. The molecule has 0 saturated heterocycles. The maximum atomic E-state index is 13.5. The third kappa shape index (κ3) is 6.50. The standard InChI is InChI=1S/C16H20ClFO/c1-13(2)6-5-11-19-16-12-14(7-3-4-10-17)8-9-15(16)18/h8-9,12-13H,4-6,10-11H2,1-2H3. The summed E-state index contributed by atoms with van der Waals surface area (Å²) in [6.45, 7) is 4.86. The van der Waals surface area contributed by atoms with Crippen LogP contribution in [0.15, 0.2) is 18.2 Å². The number of benzene rings is 1. The highest BCUT2D eigenvalue weighted by molar-refractivity contribution is 6.18. The van der Waals surface area contributed by atoms with Crippen LogP contribution in [0.1, 0.15) is 38.7 Å². The maximum absolute atomic E-state index is 13.5. The minimum atomic E-state index is -0.340. The summed E-state index contributed by atoms with van der Waals surface area (Å²) in [4.78, 5) is 0. The van der Waals surface area contributed by atoms with Gasteiger partial charge in [-0.15, -0.1) is 11.6 Å². The van der Waals surface area contributed by atoms with Gasteiger partial charge >= 0.3 is 0 Å². The Kier molecular flexibility index (Phi) is 7.36. The molecule has 0 fully saturated rings. The number of halogens is 2. The Morgan fingerprint density at radius 2 is 2.16 bits per heavy atom. The molecule has 0 aliphatic heterocycles. The van der Waals surface area contributed by atoms with Gasteiger partial charge in [0, 0.05) is 17.9 Å². The van der Waals surface area contributed by atoms with E-state index in [1.54, 1.807) is 12.1 Å². The van der Waals surface area contributed by atoms with Crippen molar-refractivity contribution in [2.45, 2.75) is 33.1 Å². The van der Waals surface area contributed by atoms with E-state index in [4.69, 9.17) is 16.3 Å². The molecule has 1 aromatic rings. The van der Waals surface area contributed by atoms with Gasteiger partial charge in [0.2, 0.25) is 0 Å². The monoisotopic (exact) mass is 282 g/mol. The number of hydrogen-bond acceptors (Lipinski definition) is 1. The van der Waals surface area contributed by atoms with Gasteiger partial charge in [-0.25, -0.2) is 4.39 Å². The van der Waals surface area contributed by atoms with E-state index in [0.717, 1.165) is 18.4 Å². The molecule has 0 bridgehead atoms. The fourth-order valence-electron chi connectivity index (χ4n) is 1.58. The second-order valence-corrected chi connectivity index (χ2v) is 5.15. The molecule has 19 heavy (non-hydrogen) atoms. The van der Waals surface area contributed by atoms with E-state index >= 15 is 0 Å². The Hall–Kier alpha value is -1.20. The molecule has 3 heteroatoms. The Balaban J connectivity index is 2.57. The average molecular weight is 283 g/mol. The van der Waals surface area contributed by atoms with Gasteiger partial charge in [0.05, 0.1) is 6.61 Å². The summed E-state index contributed by atoms with van der Waals surface area (Å²) >= 11 is 5.55. The predicted octanol–water partition coefficient (Wildman–Crippen LogP) is 4.62. The number of ether oxygens (including phenoxy) is 1. The molecule has 0 aliphatic rings. The van der Waals surface area contributed by atoms with Crippen LogP contribution in [0.5, 0.6) is 5.75 Å². The first kappa shape index (κ1) is 15.9. The van der Waals surface area contributed by atoms with Gasteiger partial charge < -0.3 is 4.74 Å². The van der Waals surface area contributed by atoms with Crippen LogP contribution < -0.4 is 4.74 Å². The highest BCUT2D eigenvalue weighted by Crippen LogP contribution is 2.19. The van der Waals surface area contributed by atoms with E-state index in [1.807, 2.05) is 0 Å². The lowest BCUT2D eigenvalue weighted by Gasteiger charge is -2.08. The lowest BCUT2D eigenvalue weighted by molar-refractivity contribution is 0.284. The molecule has 0 spiro atoms. The molecular weight excluding hydrogens is 263 g/mol. The second-order valence-electron chi connectivity index (χ2n) is 4.77. The summed E-state index contributed by atoms with van der Waals surface area (Å²) in [5.41, 5.74) is 0.755. The van der Waals surface area contributed by atoms with Crippen LogP contribution in [-0.4, -0.2) is 12.5 Å². The Morgan fingerprint density at radius 1 is 1.37 bits per heavy atom. The van der Waals surface area contributed by atoms with Crippen LogP contribution >= 0.6 is 11.6 Å². The first-order chi connectivity index (χ1) is 9.13. The van der Waals surface area contributed by atoms with E-state index in [2.05, 4.69) is 25.7 Å². The van der Waals surface area contributed by atoms with E-state index in [0.29, 0.717) is 24.8 Å². The first-order valence-electron chi connectivity index (χ1n) is 6.60. The Morgan fingerprint density at radius 3 is 2.84 bits per heavy atom. The highest BCUT2D eigenvalue weighted by Gasteiger charge is 2.04. The molecule has 0 radical (unpaired) electrons. The van der Waals surface area contributed by atoms with Gasteiger partial charge in [-0.05, 0) is 37.0 Å². The van der Waals surface area contributed by atoms with Crippen molar-refractivity contribution in [2.24, 2.45) is 5.92 Å². The Bertz CT molecular complexity index is 446. The van der Waals surface area contributed by atoms with Crippen molar-refractivity contribution in [3.63, 3.8) is 0 Å². The quantitative estimate of drug-likeness (QED) is 0.420. The zero-order valence-electron chi connectivity index (χ0n) is 11.5. The fourth-order valence-corrected chi connectivity index (χ4v) is 1.67. The van der Waals surface area contributed by atoms with Crippen LogP contribution in [0, 0.1) is 23.6 Å². The highest BCUT2D eigenvalue weighted by atomic mass is 35.5. The summed E-state index contributed by atoms with van der Waals surface area (Å²) in [7, 11) is 0. The van der Waals surface area contributed by atoms with Crippen molar-refractivity contribution in [3.05, 3.63) is 29.6 Å². The summed E-state index contributed by atoms with van der Waals surface area (Å²) in [6, 6.07) is 4.69. The van der Waals surface area contributed by atoms with Crippen molar-refractivity contribution < 1.29 is 9.13 Å². The van der Waals surface area contributed by atoms with Gasteiger partial charge in [-0.1, -0.05) is 25.7 Å². The van der Waals surface area contributed by atoms with E-state index < -0.39 is 0 Å². The molecule has 1 rings (SSSR count). The zero-order chi connectivity index (χ0) is 14.1. The molecule has 0 aliphatic carbocycles. The molecule has 0 N–H and O–H groups in total. The molecule has 0 heterocycles. The molecule has 0 aromatic heterocycles. The average Bonchev–Trinajstić information content (AvgIpc) is 2.38. The third-order valence-corrected chi connectivity index (χ3v) is 2.76. The molecule has 0 atom stereocenters. The van der Waals surface area contributed by atoms with Gasteiger partial charge in [0.15, 0.2) is 11.6 Å². The van der Waals surface area contributed by atoms with Crippen LogP contribution in [0.2, 0.25) is 0 Å². The second kappa shape index (κ2) is 8.82. The molecule has 0 unspecified atom stereocenters. The molecule has 0 saturated carbocycles. The number of alkyl halides is 1. The topological polar surface area (TPSA) is 9.23 Å². The maximum Gasteiger partial charge on any atom is 0.165 e. The van der Waals surface area contributed by atoms with E-state index in [9.17, 15) is 4.39 Å². The lowest BCUT2D eigenvalue weighted by Crippen LogP contribution is -2.01. The van der Waals surface area contributed by atoms with Crippen molar-refractivity contribution in [2.75, 3.05) is 12.5 Å². The number of hydrogen-bond donors (Lipinski definition) is 0. The minimum absolute atomic E-state index is 0.279. The zero-order valence-corrected chi connectivity index (χ0v) is 12.3. The van der Waals surface area contributed by atoms with Crippen LogP contribution in [0.4, 0.5) is 4.39 Å². The lowest BCUT2D eigenvalue weighted by atomic mass is 10.1. The van der Waals surface area contributed by atoms with E-state index in [1.165, 1.54) is 6.07 Å². The van der Waals surface area contributed by atoms with Gasteiger partial charge in [0.25, 0.3) is 0 Å².